The van der Waals surface area contributed by atoms with Gasteiger partial charge in [0.1, 0.15) is 17.2 Å². The van der Waals surface area contributed by atoms with Crippen molar-refractivity contribution in [3.05, 3.63) is 53.6 Å². The standard InChI is InChI=1S/C28H36N2O5/c1-33-24-6-4-20(5-7-24)16-21-8-12-29(13-9-21)27(31)22-10-14-30(15-11-22)28(32)23-17-25(34-2)19-26(18-23)35-3/h4-7,17-19,21-22H,8-16H2,1-3H3. The molecule has 2 aliphatic rings. The lowest BCUT2D eigenvalue weighted by Crippen LogP contribution is -2.46. The third kappa shape index (κ3) is 6.08. The molecule has 2 aromatic carbocycles. The van der Waals surface area contributed by atoms with Crippen molar-refractivity contribution in [1.82, 2.24) is 9.80 Å². The van der Waals surface area contributed by atoms with E-state index in [1.165, 1.54) is 5.56 Å². The zero-order valence-corrected chi connectivity index (χ0v) is 21.0. The van der Waals surface area contributed by atoms with Crippen molar-refractivity contribution in [3.8, 4) is 17.2 Å². The second-order valence-corrected chi connectivity index (χ2v) is 9.49. The van der Waals surface area contributed by atoms with Gasteiger partial charge in [0.2, 0.25) is 5.91 Å². The van der Waals surface area contributed by atoms with Crippen molar-refractivity contribution in [2.24, 2.45) is 11.8 Å². The second kappa shape index (κ2) is 11.5. The number of benzene rings is 2. The molecule has 4 rings (SSSR count). The fourth-order valence-electron chi connectivity index (χ4n) is 5.15. The van der Waals surface area contributed by atoms with Gasteiger partial charge < -0.3 is 24.0 Å². The van der Waals surface area contributed by atoms with Gasteiger partial charge in [-0.2, -0.15) is 0 Å². The molecular weight excluding hydrogens is 444 g/mol. The highest BCUT2D eigenvalue weighted by Gasteiger charge is 2.32. The van der Waals surface area contributed by atoms with Crippen LogP contribution in [-0.4, -0.2) is 69.1 Å². The van der Waals surface area contributed by atoms with Crippen molar-refractivity contribution >= 4 is 11.8 Å². The number of methoxy groups -OCH3 is 3. The van der Waals surface area contributed by atoms with Crippen LogP contribution in [0.25, 0.3) is 0 Å². The molecule has 0 N–H and O–H groups in total. The number of likely N-dealkylation sites (tertiary alicyclic amines) is 2. The summed E-state index contributed by atoms with van der Waals surface area (Å²) in [6, 6.07) is 13.5. The highest BCUT2D eigenvalue weighted by Crippen LogP contribution is 2.28. The zero-order chi connectivity index (χ0) is 24.8. The van der Waals surface area contributed by atoms with E-state index in [2.05, 4.69) is 12.1 Å². The lowest BCUT2D eigenvalue weighted by atomic mass is 9.88. The average Bonchev–Trinajstić information content (AvgIpc) is 2.92. The summed E-state index contributed by atoms with van der Waals surface area (Å²) < 4.78 is 15.8. The lowest BCUT2D eigenvalue weighted by Gasteiger charge is -2.37. The summed E-state index contributed by atoms with van der Waals surface area (Å²) in [7, 11) is 4.82. The number of nitrogens with zero attached hydrogens (tertiary/aromatic N) is 2. The molecule has 0 unspecified atom stereocenters. The molecule has 0 bridgehead atoms. The SMILES string of the molecule is COc1ccc(CC2CCN(C(=O)C3CCN(C(=O)c4cc(OC)cc(OC)c4)CC3)CC2)cc1. The van der Waals surface area contributed by atoms with E-state index in [9.17, 15) is 9.59 Å². The topological polar surface area (TPSA) is 68.3 Å². The van der Waals surface area contributed by atoms with Gasteiger partial charge in [-0.15, -0.1) is 0 Å². The van der Waals surface area contributed by atoms with Crippen molar-refractivity contribution in [2.75, 3.05) is 47.5 Å². The monoisotopic (exact) mass is 480 g/mol. The van der Waals surface area contributed by atoms with Gasteiger partial charge in [-0.25, -0.2) is 0 Å². The highest BCUT2D eigenvalue weighted by atomic mass is 16.5. The molecular formula is C28H36N2O5. The summed E-state index contributed by atoms with van der Waals surface area (Å²) in [6.45, 7) is 2.82. The van der Waals surface area contributed by atoms with Crippen LogP contribution in [0.15, 0.2) is 42.5 Å². The number of ether oxygens (including phenoxy) is 3. The molecule has 0 aromatic heterocycles. The summed E-state index contributed by atoms with van der Waals surface area (Å²) in [4.78, 5) is 30.1. The van der Waals surface area contributed by atoms with Gasteiger partial charge in [0.05, 0.1) is 21.3 Å². The van der Waals surface area contributed by atoms with Crippen LogP contribution >= 0.6 is 0 Å². The maximum Gasteiger partial charge on any atom is 0.254 e. The van der Waals surface area contributed by atoms with Crippen LogP contribution in [0.1, 0.15) is 41.6 Å². The third-order valence-electron chi connectivity index (χ3n) is 7.34. The zero-order valence-electron chi connectivity index (χ0n) is 21.0. The van der Waals surface area contributed by atoms with Gasteiger partial charge in [-0.05, 0) is 67.9 Å². The molecule has 2 saturated heterocycles. The minimum atomic E-state index is -0.0487. The summed E-state index contributed by atoms with van der Waals surface area (Å²) >= 11 is 0. The largest absolute Gasteiger partial charge is 0.497 e. The minimum absolute atomic E-state index is 0.00275. The van der Waals surface area contributed by atoms with Crippen LogP contribution in [0.3, 0.4) is 0 Å². The van der Waals surface area contributed by atoms with Crippen molar-refractivity contribution in [1.29, 1.82) is 0 Å². The number of carbonyl (C=O) groups excluding carboxylic acids is 2. The summed E-state index contributed by atoms with van der Waals surface area (Å²) in [5.74, 6) is 2.87. The van der Waals surface area contributed by atoms with Crippen LogP contribution in [0.4, 0.5) is 0 Å². The van der Waals surface area contributed by atoms with Crippen LogP contribution in [0.2, 0.25) is 0 Å². The molecule has 188 valence electrons. The van der Waals surface area contributed by atoms with Gasteiger partial charge in [0.25, 0.3) is 5.91 Å². The van der Waals surface area contributed by atoms with E-state index in [-0.39, 0.29) is 17.7 Å². The van der Waals surface area contributed by atoms with Crippen molar-refractivity contribution in [2.45, 2.75) is 32.1 Å². The molecule has 7 nitrogen and oxygen atoms in total. The Morgan fingerprint density at radius 2 is 1.29 bits per heavy atom. The quantitative estimate of drug-likeness (QED) is 0.598. The second-order valence-electron chi connectivity index (χ2n) is 9.49. The van der Waals surface area contributed by atoms with Gasteiger partial charge >= 0.3 is 0 Å². The van der Waals surface area contributed by atoms with E-state index in [1.54, 1.807) is 39.5 Å². The first-order chi connectivity index (χ1) is 17.0. The van der Waals surface area contributed by atoms with Crippen LogP contribution in [-0.2, 0) is 11.2 Å². The molecule has 0 aliphatic carbocycles. The normalized spacial score (nSPS) is 17.2. The molecule has 2 amide bonds. The van der Waals surface area contributed by atoms with E-state index in [4.69, 9.17) is 14.2 Å². The Balaban J connectivity index is 1.25. The number of hydrogen-bond acceptors (Lipinski definition) is 5. The first-order valence-electron chi connectivity index (χ1n) is 12.4. The molecule has 35 heavy (non-hydrogen) atoms. The fraction of sp³-hybridized carbons (Fsp3) is 0.500. The maximum atomic E-state index is 13.2. The van der Waals surface area contributed by atoms with Crippen LogP contribution in [0, 0.1) is 11.8 Å². The van der Waals surface area contributed by atoms with Crippen LogP contribution < -0.4 is 14.2 Å². The molecule has 0 atom stereocenters. The van der Waals surface area contributed by atoms with Crippen molar-refractivity contribution in [3.63, 3.8) is 0 Å². The smallest absolute Gasteiger partial charge is 0.254 e. The molecule has 2 aliphatic heterocycles. The molecule has 0 radical (unpaired) electrons. The fourth-order valence-corrected chi connectivity index (χ4v) is 5.15. The van der Waals surface area contributed by atoms with Crippen molar-refractivity contribution < 1.29 is 23.8 Å². The Morgan fingerprint density at radius 3 is 1.83 bits per heavy atom. The molecule has 7 heteroatoms. The molecule has 0 spiro atoms. The third-order valence-corrected chi connectivity index (χ3v) is 7.34. The number of piperidine rings is 2. The summed E-state index contributed by atoms with van der Waals surface area (Å²) in [6.07, 6.45) is 4.52. The lowest BCUT2D eigenvalue weighted by molar-refractivity contribution is -0.138. The number of hydrogen-bond donors (Lipinski definition) is 0. The Hall–Kier alpha value is -3.22. The van der Waals surface area contributed by atoms with E-state index < -0.39 is 0 Å². The first kappa shape index (κ1) is 24.9. The van der Waals surface area contributed by atoms with Gasteiger partial charge in [-0.3, -0.25) is 9.59 Å². The average molecular weight is 481 g/mol. The Morgan fingerprint density at radius 1 is 0.743 bits per heavy atom. The molecule has 2 fully saturated rings. The van der Waals surface area contributed by atoms with Gasteiger partial charge in [0, 0.05) is 43.7 Å². The Bertz CT molecular complexity index is 984. The molecule has 2 heterocycles. The predicted molar refractivity (Wildman–Crippen MR) is 134 cm³/mol. The van der Waals surface area contributed by atoms with E-state index >= 15 is 0 Å². The molecule has 0 saturated carbocycles. The van der Waals surface area contributed by atoms with Gasteiger partial charge in [-0.1, -0.05) is 12.1 Å². The number of carbonyl (C=O) groups is 2. The first-order valence-corrected chi connectivity index (χ1v) is 12.4. The number of rotatable bonds is 7. The maximum absolute atomic E-state index is 13.2. The number of amides is 2. The Kier molecular flexibility index (Phi) is 8.16. The van der Waals surface area contributed by atoms with Crippen LogP contribution in [0.5, 0.6) is 17.2 Å². The van der Waals surface area contributed by atoms with E-state index in [1.807, 2.05) is 21.9 Å². The summed E-state index contributed by atoms with van der Waals surface area (Å²) in [5, 5.41) is 0. The highest BCUT2D eigenvalue weighted by molar-refractivity contribution is 5.95. The summed E-state index contributed by atoms with van der Waals surface area (Å²) in [5.41, 5.74) is 1.87. The van der Waals surface area contributed by atoms with Gasteiger partial charge in [0.15, 0.2) is 0 Å². The minimum Gasteiger partial charge on any atom is -0.497 e. The van der Waals surface area contributed by atoms with E-state index in [0.29, 0.717) is 48.9 Å². The molecule has 2 aromatic rings. The predicted octanol–water partition coefficient (Wildman–Crippen LogP) is 4.05. The van der Waals surface area contributed by atoms with E-state index in [0.717, 1.165) is 38.1 Å². The Labute approximate surface area is 207 Å².